The van der Waals surface area contributed by atoms with E-state index in [1.165, 1.54) is 6.20 Å². The summed E-state index contributed by atoms with van der Waals surface area (Å²) >= 11 is 0. The van der Waals surface area contributed by atoms with Gasteiger partial charge in [0.1, 0.15) is 0 Å². The highest BCUT2D eigenvalue weighted by atomic mass is 35.5. The fourth-order valence-electron chi connectivity index (χ4n) is 1.65. The molecule has 0 spiro atoms. The molecule has 7 heteroatoms. The molecule has 0 fully saturated rings. The van der Waals surface area contributed by atoms with Gasteiger partial charge in [0.2, 0.25) is 5.88 Å². The molecule has 17 heavy (non-hydrogen) atoms. The van der Waals surface area contributed by atoms with Crippen LogP contribution in [0.2, 0.25) is 0 Å². The summed E-state index contributed by atoms with van der Waals surface area (Å²) in [5.74, 6) is 0.108. The molecule has 0 aliphatic carbocycles. The molecule has 0 saturated carbocycles. The average Bonchev–Trinajstić information content (AvgIpc) is 2.25. The zero-order valence-corrected chi connectivity index (χ0v) is 9.70. The summed E-state index contributed by atoms with van der Waals surface area (Å²) in [5.41, 5.74) is 1.74. The number of rotatable bonds is 2. The zero-order chi connectivity index (χ0) is 11.6. The van der Waals surface area contributed by atoms with Crippen LogP contribution in [-0.4, -0.2) is 24.3 Å². The number of nitrogens with one attached hydrogen (secondary N) is 1. The third-order valence-electron chi connectivity index (χ3n) is 2.35. The van der Waals surface area contributed by atoms with E-state index in [9.17, 15) is 13.2 Å². The summed E-state index contributed by atoms with van der Waals surface area (Å²) in [7, 11) is 0. The summed E-state index contributed by atoms with van der Waals surface area (Å²) in [6, 6.07) is 1.79. The molecule has 0 saturated heterocycles. The van der Waals surface area contributed by atoms with Crippen LogP contribution in [0.25, 0.3) is 0 Å². The maximum atomic E-state index is 12.0. The molecular weight excluding hydrogens is 257 g/mol. The molecule has 1 aliphatic rings. The largest absolute Gasteiger partial charge is 0.468 e. The molecule has 0 unspecified atom stereocenters. The Morgan fingerprint density at radius 3 is 2.88 bits per heavy atom. The topological polar surface area (TPSA) is 34.1 Å². The standard InChI is InChI=1S/C10H11F3N2O.ClH/c11-10(12,13)6-16-9-8-2-3-14-5-7(8)1-4-15-9;/h1,4,14H,2-3,5-6H2;1H. The molecular formula is C10H12ClF3N2O. The molecule has 0 aromatic carbocycles. The van der Waals surface area contributed by atoms with Gasteiger partial charge in [0.25, 0.3) is 0 Å². The predicted molar refractivity (Wildman–Crippen MR) is 58.4 cm³/mol. The maximum absolute atomic E-state index is 12.0. The van der Waals surface area contributed by atoms with Crippen LogP contribution in [0.15, 0.2) is 12.3 Å². The van der Waals surface area contributed by atoms with Gasteiger partial charge in [-0.05, 0) is 24.6 Å². The van der Waals surface area contributed by atoms with Gasteiger partial charge < -0.3 is 10.1 Å². The number of halogens is 4. The Morgan fingerprint density at radius 1 is 1.41 bits per heavy atom. The van der Waals surface area contributed by atoms with Gasteiger partial charge in [0.05, 0.1) is 0 Å². The van der Waals surface area contributed by atoms with Gasteiger partial charge in [-0.25, -0.2) is 4.98 Å². The van der Waals surface area contributed by atoms with Crippen molar-refractivity contribution >= 4 is 12.4 Å². The normalized spacial score (nSPS) is 14.8. The van der Waals surface area contributed by atoms with Crippen molar-refractivity contribution in [2.75, 3.05) is 13.2 Å². The number of ether oxygens (including phenoxy) is 1. The van der Waals surface area contributed by atoms with Gasteiger partial charge in [-0.15, -0.1) is 12.4 Å². The molecule has 2 rings (SSSR count). The highest BCUT2D eigenvalue weighted by Crippen LogP contribution is 2.24. The second-order valence-corrected chi connectivity index (χ2v) is 3.58. The minimum Gasteiger partial charge on any atom is -0.468 e. The van der Waals surface area contributed by atoms with Gasteiger partial charge in [-0.2, -0.15) is 13.2 Å². The fourth-order valence-corrected chi connectivity index (χ4v) is 1.65. The van der Waals surface area contributed by atoms with E-state index in [0.29, 0.717) is 13.0 Å². The van der Waals surface area contributed by atoms with Gasteiger partial charge in [-0.1, -0.05) is 0 Å². The van der Waals surface area contributed by atoms with Crippen LogP contribution in [0.5, 0.6) is 5.88 Å². The van der Waals surface area contributed by atoms with Crippen LogP contribution in [0.3, 0.4) is 0 Å². The third-order valence-corrected chi connectivity index (χ3v) is 2.35. The highest BCUT2D eigenvalue weighted by molar-refractivity contribution is 5.85. The van der Waals surface area contributed by atoms with E-state index < -0.39 is 12.8 Å². The minimum atomic E-state index is -4.32. The van der Waals surface area contributed by atoms with Crippen LogP contribution in [0, 0.1) is 0 Å². The first-order valence-electron chi connectivity index (χ1n) is 4.93. The first kappa shape index (κ1) is 14.1. The van der Waals surface area contributed by atoms with Gasteiger partial charge in [-0.3, -0.25) is 0 Å². The minimum absolute atomic E-state index is 0. The van der Waals surface area contributed by atoms with Crippen LogP contribution in [0.4, 0.5) is 13.2 Å². The van der Waals surface area contributed by atoms with E-state index in [0.717, 1.165) is 17.7 Å². The number of pyridine rings is 1. The summed E-state index contributed by atoms with van der Waals surface area (Å²) in [5, 5.41) is 3.13. The lowest BCUT2D eigenvalue weighted by molar-refractivity contribution is -0.154. The Hall–Kier alpha value is -1.01. The maximum Gasteiger partial charge on any atom is 0.422 e. The molecule has 1 aliphatic heterocycles. The van der Waals surface area contributed by atoms with Crippen molar-refractivity contribution in [2.45, 2.75) is 19.1 Å². The average molecular weight is 269 g/mol. The quantitative estimate of drug-likeness (QED) is 0.892. The molecule has 0 radical (unpaired) electrons. The molecule has 1 N–H and O–H groups in total. The third kappa shape index (κ3) is 3.74. The summed E-state index contributed by atoms with van der Waals surface area (Å²) in [4.78, 5) is 3.85. The number of nitrogens with zero attached hydrogens (tertiary/aromatic N) is 1. The fraction of sp³-hybridized carbons (Fsp3) is 0.500. The van der Waals surface area contributed by atoms with Crippen LogP contribution < -0.4 is 10.1 Å². The van der Waals surface area contributed by atoms with E-state index in [-0.39, 0.29) is 18.3 Å². The lowest BCUT2D eigenvalue weighted by atomic mass is 10.0. The van der Waals surface area contributed by atoms with Gasteiger partial charge in [0.15, 0.2) is 6.61 Å². The van der Waals surface area contributed by atoms with Crippen LogP contribution in [0.1, 0.15) is 11.1 Å². The predicted octanol–water partition coefficient (Wildman–Crippen LogP) is 2.09. The Labute approximate surface area is 103 Å². The highest BCUT2D eigenvalue weighted by Gasteiger charge is 2.29. The van der Waals surface area contributed by atoms with Gasteiger partial charge in [0, 0.05) is 18.3 Å². The number of hydrogen-bond donors (Lipinski definition) is 1. The summed E-state index contributed by atoms with van der Waals surface area (Å²) in [6.45, 7) is 0.102. The van der Waals surface area contributed by atoms with E-state index in [4.69, 9.17) is 4.74 Å². The van der Waals surface area contributed by atoms with Crippen molar-refractivity contribution in [3.8, 4) is 5.88 Å². The molecule has 0 atom stereocenters. The lowest BCUT2D eigenvalue weighted by Gasteiger charge is -2.19. The number of aromatic nitrogens is 1. The Kier molecular flexibility index (Phi) is 4.59. The summed E-state index contributed by atoms with van der Waals surface area (Å²) in [6.07, 6.45) is -2.20. The van der Waals surface area contributed by atoms with Crippen molar-refractivity contribution in [3.05, 3.63) is 23.4 Å². The SMILES string of the molecule is Cl.FC(F)(F)COc1nccc2c1CCNC2. The van der Waals surface area contributed by atoms with Crippen LogP contribution in [-0.2, 0) is 13.0 Å². The number of alkyl halides is 3. The first-order chi connectivity index (χ1) is 7.56. The monoisotopic (exact) mass is 268 g/mol. The molecule has 2 heterocycles. The van der Waals surface area contributed by atoms with Crippen molar-refractivity contribution in [2.24, 2.45) is 0 Å². The smallest absolute Gasteiger partial charge is 0.422 e. The van der Waals surface area contributed by atoms with Crippen molar-refractivity contribution in [1.29, 1.82) is 0 Å². The van der Waals surface area contributed by atoms with Crippen molar-refractivity contribution < 1.29 is 17.9 Å². The molecule has 1 aromatic rings. The Morgan fingerprint density at radius 2 is 2.18 bits per heavy atom. The van der Waals surface area contributed by atoms with E-state index in [1.54, 1.807) is 6.07 Å². The van der Waals surface area contributed by atoms with Crippen molar-refractivity contribution in [1.82, 2.24) is 10.3 Å². The Bertz CT molecular complexity index is 384. The molecule has 0 bridgehead atoms. The van der Waals surface area contributed by atoms with Crippen LogP contribution >= 0.6 is 12.4 Å². The number of fused-ring (bicyclic) bond motifs is 1. The molecule has 96 valence electrons. The number of hydrogen-bond acceptors (Lipinski definition) is 3. The second-order valence-electron chi connectivity index (χ2n) is 3.58. The zero-order valence-electron chi connectivity index (χ0n) is 8.88. The van der Waals surface area contributed by atoms with Crippen molar-refractivity contribution in [3.63, 3.8) is 0 Å². The summed E-state index contributed by atoms with van der Waals surface area (Å²) < 4.78 is 40.7. The van der Waals surface area contributed by atoms with E-state index >= 15 is 0 Å². The van der Waals surface area contributed by atoms with E-state index in [2.05, 4.69) is 10.3 Å². The molecule has 1 aromatic heterocycles. The molecule has 3 nitrogen and oxygen atoms in total. The first-order valence-corrected chi connectivity index (χ1v) is 4.93. The molecule has 0 amide bonds. The van der Waals surface area contributed by atoms with E-state index in [1.807, 2.05) is 0 Å². The van der Waals surface area contributed by atoms with Gasteiger partial charge >= 0.3 is 6.18 Å². The Balaban J connectivity index is 0.00000144. The second kappa shape index (κ2) is 5.55. The lowest BCUT2D eigenvalue weighted by Crippen LogP contribution is -2.26.